The number of rotatable bonds is 4. The fraction of sp³-hybridized carbons (Fsp3) is 0.526. The molecule has 1 unspecified atom stereocenters. The van der Waals surface area contributed by atoms with Crippen LogP contribution in [0.1, 0.15) is 35.2 Å². The fourth-order valence-corrected chi connectivity index (χ4v) is 3.28. The second-order valence-electron chi connectivity index (χ2n) is 6.61. The molecule has 0 amide bonds. The molecule has 1 atom stereocenters. The highest BCUT2D eigenvalue weighted by atomic mass is 16.1. The lowest BCUT2D eigenvalue weighted by Crippen LogP contribution is -2.43. The van der Waals surface area contributed by atoms with Crippen LogP contribution in [0.15, 0.2) is 36.4 Å². The molecule has 3 rings (SSSR count). The van der Waals surface area contributed by atoms with E-state index in [2.05, 4.69) is 41.1 Å². The number of likely N-dealkylation sites (N-methyl/N-ethyl adjacent to an activating group) is 1. The summed E-state index contributed by atoms with van der Waals surface area (Å²) in [5, 5.41) is 0. The number of hydrogen-bond acceptors (Lipinski definition) is 3. The fourth-order valence-electron chi connectivity index (χ4n) is 3.28. The predicted molar refractivity (Wildman–Crippen MR) is 90.0 cm³/mol. The monoisotopic (exact) mass is 298 g/mol. The molecule has 0 spiro atoms. The molecule has 0 bridgehead atoms. The van der Waals surface area contributed by atoms with Gasteiger partial charge in [0.15, 0.2) is 5.78 Å². The lowest BCUT2D eigenvalue weighted by atomic mass is 9.88. The minimum atomic E-state index is 0.0947. The predicted octanol–water partition coefficient (Wildman–Crippen LogP) is 2.97. The van der Waals surface area contributed by atoms with Crippen LogP contribution in [0.3, 0.4) is 0 Å². The van der Waals surface area contributed by atoms with Gasteiger partial charge in [-0.05, 0) is 31.9 Å². The van der Waals surface area contributed by atoms with Gasteiger partial charge in [0.1, 0.15) is 0 Å². The Hall–Kier alpha value is -1.45. The minimum absolute atomic E-state index is 0.0947. The molecule has 22 heavy (non-hydrogen) atoms. The maximum atomic E-state index is 12.5. The Morgan fingerprint density at radius 1 is 1.14 bits per heavy atom. The van der Waals surface area contributed by atoms with Crippen LogP contribution >= 0.6 is 0 Å². The zero-order valence-corrected chi connectivity index (χ0v) is 13.5. The highest BCUT2D eigenvalue weighted by molar-refractivity contribution is 5.99. The number of Topliss-reactive ketones (excluding diaryl/α,β-unsaturated/α-hetero) is 1. The molecule has 1 saturated heterocycles. The van der Waals surface area contributed by atoms with Crippen LogP contribution in [-0.4, -0.2) is 48.8 Å². The molecule has 0 radical (unpaired) electrons. The Kier molecular flexibility index (Phi) is 5.06. The Morgan fingerprint density at radius 2 is 1.86 bits per heavy atom. The van der Waals surface area contributed by atoms with E-state index in [1.165, 1.54) is 5.56 Å². The van der Waals surface area contributed by atoms with Crippen LogP contribution in [0.2, 0.25) is 0 Å². The molecule has 1 aromatic rings. The number of allylic oxidation sites excluding steroid dienone is 2. The van der Waals surface area contributed by atoms with Gasteiger partial charge in [-0.15, -0.1) is 0 Å². The number of ketones is 1. The van der Waals surface area contributed by atoms with Crippen molar-refractivity contribution in [1.82, 2.24) is 9.80 Å². The Labute approximate surface area is 133 Å². The number of piperazine rings is 1. The highest BCUT2D eigenvalue weighted by Gasteiger charge is 2.19. The van der Waals surface area contributed by atoms with Gasteiger partial charge in [0.2, 0.25) is 0 Å². The van der Waals surface area contributed by atoms with Crippen molar-refractivity contribution in [2.75, 3.05) is 33.2 Å². The summed E-state index contributed by atoms with van der Waals surface area (Å²) in [4.78, 5) is 17.3. The van der Waals surface area contributed by atoms with Crippen molar-refractivity contribution in [3.63, 3.8) is 0 Å². The van der Waals surface area contributed by atoms with E-state index in [0.29, 0.717) is 0 Å². The number of benzene rings is 1. The molecule has 0 N–H and O–H groups in total. The summed E-state index contributed by atoms with van der Waals surface area (Å²) in [5.74, 6) is 0.374. The molecule has 3 nitrogen and oxygen atoms in total. The molecule has 118 valence electrons. The van der Waals surface area contributed by atoms with Crippen LogP contribution in [0.5, 0.6) is 0 Å². The van der Waals surface area contributed by atoms with Gasteiger partial charge >= 0.3 is 0 Å². The topological polar surface area (TPSA) is 23.6 Å². The molecule has 1 fully saturated rings. The number of nitrogens with zero attached hydrogens (tertiary/aromatic N) is 2. The van der Waals surface area contributed by atoms with Crippen LogP contribution in [0.4, 0.5) is 0 Å². The molecule has 3 heteroatoms. The normalized spacial score (nSPS) is 23.6. The summed E-state index contributed by atoms with van der Waals surface area (Å²) in [5.41, 5.74) is 2.17. The molecule has 0 saturated carbocycles. The summed E-state index contributed by atoms with van der Waals surface area (Å²) < 4.78 is 0. The molecular weight excluding hydrogens is 272 g/mol. The Balaban J connectivity index is 1.59. The number of carbonyl (C=O) groups is 1. The first-order valence-corrected chi connectivity index (χ1v) is 8.43. The SMILES string of the molecule is CN1CCN(Cc2ccc(C(=O)C3C=CCCC3)cc2)CC1. The highest BCUT2D eigenvalue weighted by Crippen LogP contribution is 2.22. The van der Waals surface area contributed by atoms with Gasteiger partial charge in [-0.25, -0.2) is 0 Å². The Bertz CT molecular complexity index is 527. The van der Waals surface area contributed by atoms with Gasteiger partial charge in [0.25, 0.3) is 0 Å². The van der Waals surface area contributed by atoms with Crippen molar-refractivity contribution >= 4 is 5.78 Å². The molecule has 0 aromatic heterocycles. The van der Waals surface area contributed by atoms with Crippen LogP contribution < -0.4 is 0 Å². The van der Waals surface area contributed by atoms with Crippen molar-refractivity contribution in [3.8, 4) is 0 Å². The van der Waals surface area contributed by atoms with Gasteiger partial charge in [0.05, 0.1) is 0 Å². The van der Waals surface area contributed by atoms with Gasteiger partial charge in [-0.2, -0.15) is 0 Å². The molecule has 1 aromatic carbocycles. The van der Waals surface area contributed by atoms with Crippen molar-refractivity contribution in [2.24, 2.45) is 5.92 Å². The van der Waals surface area contributed by atoms with Crippen LogP contribution in [0.25, 0.3) is 0 Å². The third kappa shape index (κ3) is 3.84. The van der Waals surface area contributed by atoms with E-state index in [9.17, 15) is 4.79 Å². The standard InChI is InChI=1S/C19H26N2O/c1-20-11-13-21(14-12-20)15-16-7-9-18(10-8-16)19(22)17-5-3-2-4-6-17/h3,5,7-10,17H,2,4,6,11-15H2,1H3. The summed E-state index contributed by atoms with van der Waals surface area (Å²) in [6, 6.07) is 8.27. The lowest BCUT2D eigenvalue weighted by molar-refractivity contribution is 0.0936. The van der Waals surface area contributed by atoms with Crippen molar-refractivity contribution in [3.05, 3.63) is 47.5 Å². The van der Waals surface area contributed by atoms with Gasteiger partial charge < -0.3 is 4.90 Å². The largest absolute Gasteiger partial charge is 0.304 e. The van der Waals surface area contributed by atoms with Gasteiger partial charge in [0, 0.05) is 44.2 Å². The number of hydrogen-bond donors (Lipinski definition) is 0. The summed E-state index contributed by atoms with van der Waals surface area (Å²) in [6.45, 7) is 5.54. The van der Waals surface area contributed by atoms with Crippen molar-refractivity contribution < 1.29 is 4.79 Å². The minimum Gasteiger partial charge on any atom is -0.304 e. The zero-order valence-electron chi connectivity index (χ0n) is 13.5. The van der Waals surface area contributed by atoms with Crippen molar-refractivity contribution in [2.45, 2.75) is 25.8 Å². The summed E-state index contributed by atoms with van der Waals surface area (Å²) >= 11 is 0. The average Bonchev–Trinajstić information content (AvgIpc) is 2.58. The quantitative estimate of drug-likeness (QED) is 0.631. The van der Waals surface area contributed by atoms with Crippen LogP contribution in [-0.2, 0) is 6.54 Å². The van der Waals surface area contributed by atoms with Crippen molar-refractivity contribution in [1.29, 1.82) is 0 Å². The first-order chi connectivity index (χ1) is 10.7. The second-order valence-corrected chi connectivity index (χ2v) is 6.61. The number of carbonyl (C=O) groups excluding carboxylic acids is 1. The second kappa shape index (κ2) is 7.21. The van der Waals surface area contributed by atoms with E-state index in [1.807, 2.05) is 12.1 Å². The van der Waals surface area contributed by atoms with E-state index in [1.54, 1.807) is 0 Å². The molecule has 2 aliphatic rings. The van der Waals surface area contributed by atoms with Gasteiger partial charge in [-0.3, -0.25) is 9.69 Å². The Morgan fingerprint density at radius 3 is 2.50 bits per heavy atom. The van der Waals surface area contributed by atoms with E-state index in [0.717, 1.165) is 57.5 Å². The van der Waals surface area contributed by atoms with E-state index in [-0.39, 0.29) is 11.7 Å². The maximum absolute atomic E-state index is 12.5. The molecule has 1 aliphatic heterocycles. The van der Waals surface area contributed by atoms with Crippen LogP contribution in [0, 0.1) is 5.92 Å². The third-order valence-electron chi connectivity index (χ3n) is 4.83. The maximum Gasteiger partial charge on any atom is 0.169 e. The van der Waals surface area contributed by atoms with Gasteiger partial charge in [-0.1, -0.05) is 36.4 Å². The zero-order chi connectivity index (χ0) is 15.4. The summed E-state index contributed by atoms with van der Waals surface area (Å²) in [6.07, 6.45) is 7.48. The third-order valence-corrected chi connectivity index (χ3v) is 4.83. The smallest absolute Gasteiger partial charge is 0.169 e. The first-order valence-electron chi connectivity index (χ1n) is 8.43. The van der Waals surface area contributed by atoms with E-state index in [4.69, 9.17) is 0 Å². The van der Waals surface area contributed by atoms with E-state index < -0.39 is 0 Å². The van der Waals surface area contributed by atoms with E-state index >= 15 is 0 Å². The molecule has 1 heterocycles. The molecule has 1 aliphatic carbocycles. The molecular formula is C19H26N2O. The average molecular weight is 298 g/mol. The lowest BCUT2D eigenvalue weighted by Gasteiger charge is -2.32. The first kappa shape index (κ1) is 15.4. The summed E-state index contributed by atoms with van der Waals surface area (Å²) in [7, 11) is 2.18.